The number of nitrogens with zero attached hydrogens (tertiary/aromatic N) is 2. The van der Waals surface area contributed by atoms with Crippen molar-refractivity contribution in [1.29, 1.82) is 0 Å². The van der Waals surface area contributed by atoms with Crippen LogP contribution in [-0.4, -0.2) is 21.2 Å². The molecule has 0 aliphatic heterocycles. The van der Waals surface area contributed by atoms with Gasteiger partial charge in [-0.2, -0.15) is 5.10 Å². The van der Waals surface area contributed by atoms with E-state index < -0.39 is 5.91 Å². The van der Waals surface area contributed by atoms with Gasteiger partial charge in [0.05, 0.1) is 17.4 Å². The number of aromatic nitrogens is 2. The Hall–Kier alpha value is -2.14. The molecule has 1 aromatic heterocycles. The quantitative estimate of drug-likeness (QED) is 0.904. The van der Waals surface area contributed by atoms with Crippen LogP contribution in [0.2, 0.25) is 0 Å². The molecule has 0 aliphatic rings. The normalized spacial score (nSPS) is 11.6. The van der Waals surface area contributed by atoms with E-state index >= 15 is 0 Å². The molecule has 21 heavy (non-hydrogen) atoms. The Bertz CT molecular complexity index is 653. The molecule has 2 aromatic rings. The third-order valence-corrected chi connectivity index (χ3v) is 3.27. The minimum absolute atomic E-state index is 0.0868. The maximum atomic E-state index is 11.1. The topological polar surface area (TPSA) is 72.9 Å². The standard InChI is InChI=1S/C16H22N4O/c1-11-7-14(20-10-13(9-19-20)15(17)21)6-5-12(11)8-18-16(2,3)4/h5-7,9-10,18H,8H2,1-4H3,(H2,17,21). The average Bonchev–Trinajstić information content (AvgIpc) is 2.85. The molecule has 1 aromatic carbocycles. The molecule has 1 amide bonds. The van der Waals surface area contributed by atoms with E-state index in [1.165, 1.54) is 17.3 Å². The van der Waals surface area contributed by atoms with E-state index in [0.29, 0.717) is 5.56 Å². The third-order valence-electron chi connectivity index (χ3n) is 3.27. The number of amides is 1. The summed E-state index contributed by atoms with van der Waals surface area (Å²) in [6, 6.07) is 6.12. The van der Waals surface area contributed by atoms with Crippen LogP contribution in [0.5, 0.6) is 0 Å². The van der Waals surface area contributed by atoms with Crippen molar-refractivity contribution in [2.75, 3.05) is 0 Å². The van der Waals surface area contributed by atoms with Crippen molar-refractivity contribution in [3.63, 3.8) is 0 Å². The van der Waals surface area contributed by atoms with Gasteiger partial charge in [-0.25, -0.2) is 4.68 Å². The summed E-state index contributed by atoms with van der Waals surface area (Å²) < 4.78 is 1.66. The molecule has 0 aliphatic carbocycles. The van der Waals surface area contributed by atoms with Gasteiger partial charge in [0.2, 0.25) is 0 Å². The van der Waals surface area contributed by atoms with Crippen LogP contribution in [0.15, 0.2) is 30.6 Å². The molecule has 0 unspecified atom stereocenters. The number of primary amides is 1. The number of carbonyl (C=O) groups excluding carboxylic acids is 1. The van der Waals surface area contributed by atoms with Crippen molar-refractivity contribution in [2.45, 2.75) is 39.8 Å². The lowest BCUT2D eigenvalue weighted by Crippen LogP contribution is -2.35. The van der Waals surface area contributed by atoms with Crippen LogP contribution < -0.4 is 11.1 Å². The van der Waals surface area contributed by atoms with Crippen LogP contribution >= 0.6 is 0 Å². The van der Waals surface area contributed by atoms with Gasteiger partial charge >= 0.3 is 0 Å². The van der Waals surface area contributed by atoms with E-state index in [2.05, 4.69) is 50.2 Å². The highest BCUT2D eigenvalue weighted by Gasteiger charge is 2.10. The first-order valence-electron chi connectivity index (χ1n) is 6.96. The summed E-state index contributed by atoms with van der Waals surface area (Å²) in [7, 11) is 0. The zero-order valence-electron chi connectivity index (χ0n) is 13.0. The lowest BCUT2D eigenvalue weighted by atomic mass is 10.0. The van der Waals surface area contributed by atoms with Crippen LogP contribution in [0, 0.1) is 6.92 Å². The monoisotopic (exact) mass is 286 g/mol. The summed E-state index contributed by atoms with van der Waals surface area (Å²) >= 11 is 0. The first-order valence-corrected chi connectivity index (χ1v) is 6.96. The third kappa shape index (κ3) is 3.92. The van der Waals surface area contributed by atoms with Crippen molar-refractivity contribution in [2.24, 2.45) is 5.73 Å². The highest BCUT2D eigenvalue weighted by molar-refractivity contribution is 5.92. The number of rotatable bonds is 4. The van der Waals surface area contributed by atoms with E-state index in [4.69, 9.17) is 5.73 Å². The molecule has 112 valence electrons. The van der Waals surface area contributed by atoms with Crippen LogP contribution in [0.4, 0.5) is 0 Å². The number of benzene rings is 1. The van der Waals surface area contributed by atoms with Gasteiger partial charge in [0.25, 0.3) is 5.91 Å². The largest absolute Gasteiger partial charge is 0.366 e. The van der Waals surface area contributed by atoms with E-state index in [1.807, 2.05) is 6.07 Å². The highest BCUT2D eigenvalue weighted by Crippen LogP contribution is 2.16. The molecule has 0 bridgehead atoms. The minimum Gasteiger partial charge on any atom is -0.366 e. The van der Waals surface area contributed by atoms with Crippen LogP contribution in [0.25, 0.3) is 5.69 Å². The molecule has 5 nitrogen and oxygen atoms in total. The number of hydrogen-bond donors (Lipinski definition) is 2. The van der Waals surface area contributed by atoms with Crippen molar-refractivity contribution >= 4 is 5.91 Å². The molecule has 3 N–H and O–H groups in total. The van der Waals surface area contributed by atoms with E-state index in [1.54, 1.807) is 10.9 Å². The summed E-state index contributed by atoms with van der Waals surface area (Å²) in [6.45, 7) is 9.33. The zero-order valence-corrected chi connectivity index (χ0v) is 13.0. The second kappa shape index (κ2) is 5.69. The van der Waals surface area contributed by atoms with Gasteiger partial charge in [-0.3, -0.25) is 4.79 Å². The van der Waals surface area contributed by atoms with E-state index in [9.17, 15) is 4.79 Å². The van der Waals surface area contributed by atoms with Crippen molar-refractivity contribution < 1.29 is 4.79 Å². The maximum absolute atomic E-state index is 11.1. The summed E-state index contributed by atoms with van der Waals surface area (Å²) in [5, 5.41) is 7.64. The Morgan fingerprint density at radius 2 is 2.10 bits per heavy atom. The van der Waals surface area contributed by atoms with Crippen LogP contribution in [0.3, 0.4) is 0 Å². The molecule has 5 heteroatoms. The van der Waals surface area contributed by atoms with E-state index in [0.717, 1.165) is 12.2 Å². The summed E-state index contributed by atoms with van der Waals surface area (Å²) in [4.78, 5) is 11.1. The fraction of sp³-hybridized carbons (Fsp3) is 0.375. The molecule has 0 atom stereocenters. The molecule has 0 saturated carbocycles. The average molecular weight is 286 g/mol. The van der Waals surface area contributed by atoms with Gasteiger partial charge < -0.3 is 11.1 Å². The number of nitrogens with two attached hydrogens (primary N) is 1. The Morgan fingerprint density at radius 3 is 2.62 bits per heavy atom. The molecule has 0 spiro atoms. The fourth-order valence-corrected chi connectivity index (χ4v) is 1.97. The molecule has 0 radical (unpaired) electrons. The number of nitrogens with one attached hydrogen (secondary N) is 1. The van der Waals surface area contributed by atoms with Crippen molar-refractivity contribution in [3.8, 4) is 5.69 Å². The second-order valence-electron chi connectivity index (χ2n) is 6.25. The molecule has 2 rings (SSSR count). The van der Waals surface area contributed by atoms with Crippen molar-refractivity contribution in [1.82, 2.24) is 15.1 Å². The molecular formula is C16H22N4O. The zero-order chi connectivity index (χ0) is 15.6. The smallest absolute Gasteiger partial charge is 0.251 e. The first kappa shape index (κ1) is 15.3. The Kier molecular flexibility index (Phi) is 4.14. The number of hydrogen-bond acceptors (Lipinski definition) is 3. The summed E-state index contributed by atoms with van der Waals surface area (Å²) in [5.74, 6) is -0.469. The van der Waals surface area contributed by atoms with Gasteiger partial charge in [0, 0.05) is 18.3 Å². The lowest BCUT2D eigenvalue weighted by Gasteiger charge is -2.21. The molecular weight excluding hydrogens is 264 g/mol. The second-order valence-corrected chi connectivity index (χ2v) is 6.25. The maximum Gasteiger partial charge on any atom is 0.251 e. The van der Waals surface area contributed by atoms with Crippen LogP contribution in [0.1, 0.15) is 42.3 Å². The number of aryl methyl sites for hydroxylation is 1. The van der Waals surface area contributed by atoms with Gasteiger partial charge in [-0.1, -0.05) is 6.07 Å². The minimum atomic E-state index is -0.469. The predicted octanol–water partition coefficient (Wildman–Crippen LogP) is 2.17. The van der Waals surface area contributed by atoms with Gasteiger partial charge in [0.15, 0.2) is 0 Å². The lowest BCUT2D eigenvalue weighted by molar-refractivity contribution is 0.100. The predicted molar refractivity (Wildman–Crippen MR) is 83.4 cm³/mol. The molecule has 1 heterocycles. The first-order chi connectivity index (χ1) is 9.76. The highest BCUT2D eigenvalue weighted by atomic mass is 16.1. The van der Waals surface area contributed by atoms with E-state index in [-0.39, 0.29) is 5.54 Å². The number of carbonyl (C=O) groups is 1. The summed E-state index contributed by atoms with van der Waals surface area (Å²) in [5.41, 5.74) is 9.08. The molecule has 0 fully saturated rings. The van der Waals surface area contributed by atoms with Gasteiger partial charge in [0.1, 0.15) is 0 Å². The van der Waals surface area contributed by atoms with Crippen molar-refractivity contribution in [3.05, 3.63) is 47.3 Å². The SMILES string of the molecule is Cc1cc(-n2cc(C(N)=O)cn2)ccc1CNC(C)(C)C. The summed E-state index contributed by atoms with van der Waals surface area (Å²) in [6.07, 6.45) is 3.12. The van der Waals surface area contributed by atoms with Crippen LogP contribution in [-0.2, 0) is 6.54 Å². The molecule has 0 saturated heterocycles. The van der Waals surface area contributed by atoms with Gasteiger partial charge in [-0.05, 0) is 51.0 Å². The Balaban J connectivity index is 2.20. The fourth-order valence-electron chi connectivity index (χ4n) is 1.97. The van der Waals surface area contributed by atoms with Gasteiger partial charge in [-0.15, -0.1) is 0 Å². The Morgan fingerprint density at radius 1 is 1.38 bits per heavy atom. The Labute approximate surface area is 125 Å².